The van der Waals surface area contributed by atoms with E-state index >= 15 is 0 Å². The smallest absolute Gasteiger partial charge is 0.408 e. The third-order valence-corrected chi connectivity index (χ3v) is 6.68. The predicted octanol–water partition coefficient (Wildman–Crippen LogP) is 4.76. The third kappa shape index (κ3) is 9.06. The van der Waals surface area contributed by atoms with Gasteiger partial charge in [-0.25, -0.2) is 4.79 Å². The van der Waals surface area contributed by atoms with E-state index in [1.807, 2.05) is 63.4 Å². The number of aliphatic hydroxyl groups is 1. The van der Waals surface area contributed by atoms with Crippen LogP contribution in [0.15, 0.2) is 42.5 Å². The lowest BCUT2D eigenvalue weighted by molar-refractivity contribution is -0.141. The van der Waals surface area contributed by atoms with Crippen molar-refractivity contribution in [3.05, 3.63) is 64.7 Å². The average molecular weight is 544 g/mol. The predicted molar refractivity (Wildman–Crippen MR) is 153 cm³/mol. The van der Waals surface area contributed by atoms with Crippen LogP contribution in [0.2, 0.25) is 0 Å². The number of hydrogen-bond acceptors (Lipinski definition) is 6. The van der Waals surface area contributed by atoms with Gasteiger partial charge in [0, 0.05) is 12.2 Å². The van der Waals surface area contributed by atoms with Gasteiger partial charge >= 0.3 is 6.09 Å². The highest BCUT2D eigenvalue weighted by molar-refractivity contribution is 7.98. The van der Waals surface area contributed by atoms with Gasteiger partial charge in [0.05, 0.1) is 6.61 Å². The van der Waals surface area contributed by atoms with Gasteiger partial charge in [0.1, 0.15) is 17.7 Å². The highest BCUT2D eigenvalue weighted by Crippen LogP contribution is 2.27. The largest absolute Gasteiger partial charge is 0.444 e. The molecule has 2 aromatic carbocycles. The molecule has 38 heavy (non-hydrogen) atoms. The number of aliphatic hydroxyl groups excluding tert-OH is 1. The van der Waals surface area contributed by atoms with Crippen LogP contribution in [-0.2, 0) is 14.3 Å². The van der Waals surface area contributed by atoms with Crippen LogP contribution in [0.25, 0.3) is 0 Å². The number of alkyl carbamates (subject to hydrolysis) is 1. The molecule has 8 nitrogen and oxygen atoms in total. The van der Waals surface area contributed by atoms with E-state index in [1.165, 1.54) is 16.7 Å². The van der Waals surface area contributed by atoms with Crippen LogP contribution in [0.4, 0.5) is 10.5 Å². The summed E-state index contributed by atoms with van der Waals surface area (Å²) >= 11 is 1.54. The summed E-state index contributed by atoms with van der Waals surface area (Å²) in [6.45, 7) is 10.6. The van der Waals surface area contributed by atoms with Gasteiger partial charge in [-0.2, -0.15) is 11.8 Å². The van der Waals surface area contributed by atoms with E-state index in [0.29, 0.717) is 23.4 Å². The fraction of sp³-hybridized carbons (Fsp3) is 0.483. The van der Waals surface area contributed by atoms with Gasteiger partial charge in [0.15, 0.2) is 0 Å². The van der Waals surface area contributed by atoms with Crippen molar-refractivity contribution in [3.63, 3.8) is 0 Å². The van der Waals surface area contributed by atoms with E-state index in [9.17, 15) is 19.5 Å². The van der Waals surface area contributed by atoms with Crippen LogP contribution in [0.1, 0.15) is 55.5 Å². The maximum Gasteiger partial charge on any atom is 0.408 e. The van der Waals surface area contributed by atoms with E-state index in [2.05, 4.69) is 10.6 Å². The number of rotatable bonds is 11. The lowest BCUT2D eigenvalue weighted by Gasteiger charge is -2.34. The molecule has 0 aromatic heterocycles. The number of thioether (sulfide) groups is 1. The number of benzene rings is 2. The van der Waals surface area contributed by atoms with Crippen LogP contribution in [0.3, 0.4) is 0 Å². The number of carbonyl (C=O) groups is 3. The molecule has 0 radical (unpaired) electrons. The van der Waals surface area contributed by atoms with E-state index in [1.54, 1.807) is 26.8 Å². The first-order valence-corrected chi connectivity index (χ1v) is 14.1. The van der Waals surface area contributed by atoms with Crippen LogP contribution in [-0.4, -0.2) is 64.7 Å². The quantitative estimate of drug-likeness (QED) is 0.377. The molecule has 2 aromatic rings. The Bertz CT molecular complexity index is 1120. The van der Waals surface area contributed by atoms with E-state index in [-0.39, 0.29) is 13.2 Å². The molecule has 0 aliphatic carbocycles. The van der Waals surface area contributed by atoms with Gasteiger partial charge in [-0.1, -0.05) is 36.4 Å². The van der Waals surface area contributed by atoms with E-state index in [0.717, 1.165) is 16.7 Å². The Kier molecular flexibility index (Phi) is 11.7. The average Bonchev–Trinajstić information content (AvgIpc) is 2.83. The lowest BCUT2D eigenvalue weighted by atomic mass is 9.98. The molecule has 0 spiro atoms. The molecular formula is C29H41N3O5S. The highest BCUT2D eigenvalue weighted by Gasteiger charge is 2.36. The monoisotopic (exact) mass is 543 g/mol. The first-order chi connectivity index (χ1) is 17.9. The Balaban J connectivity index is 2.52. The van der Waals surface area contributed by atoms with Gasteiger partial charge in [0.25, 0.3) is 5.91 Å². The molecule has 2 unspecified atom stereocenters. The number of anilines is 1. The minimum Gasteiger partial charge on any atom is -0.444 e. The van der Waals surface area contributed by atoms with Crippen molar-refractivity contribution in [2.45, 2.75) is 65.6 Å². The molecule has 3 N–H and O–H groups in total. The number of aryl methyl sites for hydroxylation is 3. The molecule has 0 aliphatic rings. The summed E-state index contributed by atoms with van der Waals surface area (Å²) < 4.78 is 5.40. The first-order valence-electron chi connectivity index (χ1n) is 12.7. The number of ether oxygens (including phenoxy) is 1. The van der Waals surface area contributed by atoms with Crippen molar-refractivity contribution < 1.29 is 24.2 Å². The molecule has 2 atom stereocenters. The summed E-state index contributed by atoms with van der Waals surface area (Å²) in [6, 6.07) is 11.0. The number of nitrogens with one attached hydrogen (secondary N) is 2. The molecule has 9 heteroatoms. The Morgan fingerprint density at radius 2 is 1.71 bits per heavy atom. The van der Waals surface area contributed by atoms with Gasteiger partial charge in [-0.05, 0) is 88.3 Å². The molecular weight excluding hydrogens is 502 g/mol. The number of amides is 3. The fourth-order valence-electron chi connectivity index (χ4n) is 3.94. The zero-order valence-electron chi connectivity index (χ0n) is 23.5. The van der Waals surface area contributed by atoms with Crippen LogP contribution in [0.5, 0.6) is 0 Å². The van der Waals surface area contributed by atoms with Gasteiger partial charge < -0.3 is 25.4 Å². The minimum absolute atomic E-state index is 0.0939. The summed E-state index contributed by atoms with van der Waals surface area (Å²) in [6.07, 6.45) is 1.53. The van der Waals surface area contributed by atoms with Crippen LogP contribution >= 0.6 is 11.8 Å². The highest BCUT2D eigenvalue weighted by atomic mass is 32.2. The summed E-state index contributed by atoms with van der Waals surface area (Å²) in [5.41, 5.74) is 3.41. The number of nitrogens with zero attached hydrogens (tertiary/aromatic N) is 1. The maximum atomic E-state index is 14.0. The first kappa shape index (κ1) is 31.2. The molecule has 0 saturated carbocycles. The van der Waals surface area contributed by atoms with Gasteiger partial charge in [-0.15, -0.1) is 0 Å². The Hall–Kier alpha value is -3.04. The van der Waals surface area contributed by atoms with Crippen molar-refractivity contribution in [2.75, 3.05) is 30.5 Å². The van der Waals surface area contributed by atoms with Crippen molar-refractivity contribution in [1.29, 1.82) is 0 Å². The second-order valence-electron chi connectivity index (χ2n) is 10.3. The number of hydrogen-bond donors (Lipinski definition) is 3. The topological polar surface area (TPSA) is 108 Å². The zero-order chi connectivity index (χ0) is 28.5. The Morgan fingerprint density at radius 3 is 2.29 bits per heavy atom. The zero-order valence-corrected chi connectivity index (χ0v) is 24.3. The lowest BCUT2D eigenvalue weighted by Crippen LogP contribution is -2.53. The van der Waals surface area contributed by atoms with Crippen LogP contribution < -0.4 is 10.6 Å². The normalized spacial score (nSPS) is 12.8. The third-order valence-electron chi connectivity index (χ3n) is 6.03. The number of carbonyl (C=O) groups excluding carboxylic acids is 3. The Morgan fingerprint density at radius 1 is 1.03 bits per heavy atom. The fourth-order valence-corrected chi connectivity index (χ4v) is 4.41. The summed E-state index contributed by atoms with van der Waals surface area (Å²) in [4.78, 5) is 41.8. The molecule has 0 aliphatic heterocycles. The summed E-state index contributed by atoms with van der Waals surface area (Å²) in [5, 5.41) is 15.6. The molecule has 2 rings (SSSR count). The van der Waals surface area contributed by atoms with Gasteiger partial charge in [-0.3, -0.25) is 9.59 Å². The number of para-hydroxylation sites is 1. The van der Waals surface area contributed by atoms with Crippen molar-refractivity contribution in [3.8, 4) is 0 Å². The second kappa shape index (κ2) is 14.2. The summed E-state index contributed by atoms with van der Waals surface area (Å²) in [7, 11) is 0. The van der Waals surface area contributed by atoms with E-state index in [4.69, 9.17) is 4.74 Å². The SMILES string of the molecule is CSCCC(NC(=O)OC(C)(C)C)C(=O)N(CCO)C(C(=O)Nc1ccccc1C)c1ccc(C)c(C)c1. The van der Waals surface area contributed by atoms with Crippen molar-refractivity contribution in [2.24, 2.45) is 0 Å². The summed E-state index contributed by atoms with van der Waals surface area (Å²) in [5.74, 6) is -0.282. The standard InChI is InChI=1S/C29H41N3O5S/c1-19-12-13-22(18-21(19)3)25(26(34)30-23-11-9-8-10-20(23)2)32(15-16-33)27(35)24(14-17-38-7)31-28(36)37-29(4,5)6/h8-13,18,24-25,33H,14-17H2,1-7H3,(H,30,34)(H,31,36). The molecule has 0 bridgehead atoms. The second-order valence-corrected chi connectivity index (χ2v) is 11.3. The van der Waals surface area contributed by atoms with Crippen molar-refractivity contribution in [1.82, 2.24) is 10.2 Å². The molecule has 208 valence electrons. The molecule has 3 amide bonds. The minimum atomic E-state index is -1.04. The molecule has 0 fully saturated rings. The molecule has 0 heterocycles. The Labute approximate surface area is 230 Å². The maximum absolute atomic E-state index is 14.0. The van der Waals surface area contributed by atoms with Crippen LogP contribution in [0, 0.1) is 20.8 Å². The molecule has 0 saturated heterocycles. The van der Waals surface area contributed by atoms with E-state index < -0.39 is 35.6 Å². The van der Waals surface area contributed by atoms with Crippen molar-refractivity contribution >= 4 is 35.4 Å². The van der Waals surface area contributed by atoms with Gasteiger partial charge in [0.2, 0.25) is 5.91 Å².